The Morgan fingerprint density at radius 1 is 1.24 bits per heavy atom. The van der Waals surface area contributed by atoms with Gasteiger partial charge in [0.05, 0.1) is 19.3 Å². The van der Waals surface area contributed by atoms with Gasteiger partial charge in [-0.3, -0.25) is 0 Å². The van der Waals surface area contributed by atoms with Crippen LogP contribution in [-0.4, -0.2) is 31.9 Å². The summed E-state index contributed by atoms with van der Waals surface area (Å²) in [6.07, 6.45) is 2.62. The Kier molecular flexibility index (Phi) is 6.68. The first-order valence-electron chi connectivity index (χ1n) is 8.16. The molecule has 1 aromatic carbocycles. The van der Waals surface area contributed by atoms with Gasteiger partial charge < -0.3 is 14.8 Å². The van der Waals surface area contributed by atoms with E-state index < -0.39 is 0 Å². The lowest BCUT2D eigenvalue weighted by Crippen LogP contribution is -2.26. The van der Waals surface area contributed by atoms with E-state index in [9.17, 15) is 0 Å². The zero-order valence-corrected chi connectivity index (χ0v) is 13.6. The number of nitrogens with one attached hydrogen (secondary N) is 1. The van der Waals surface area contributed by atoms with Crippen LogP contribution in [0.5, 0.6) is 0 Å². The first-order valence-corrected chi connectivity index (χ1v) is 8.16. The number of ether oxygens (including phenoxy) is 2. The van der Waals surface area contributed by atoms with E-state index in [2.05, 4.69) is 50.4 Å². The molecule has 3 nitrogen and oxygen atoms in total. The van der Waals surface area contributed by atoms with Gasteiger partial charge in [-0.05, 0) is 29.9 Å². The molecule has 0 spiro atoms. The van der Waals surface area contributed by atoms with Crippen molar-refractivity contribution in [3.05, 3.63) is 35.4 Å². The van der Waals surface area contributed by atoms with Crippen LogP contribution in [0.25, 0.3) is 0 Å². The highest BCUT2D eigenvalue weighted by atomic mass is 16.5. The maximum Gasteiger partial charge on any atom is 0.0809 e. The molecule has 0 saturated carbocycles. The zero-order valence-electron chi connectivity index (χ0n) is 13.6. The van der Waals surface area contributed by atoms with E-state index in [4.69, 9.17) is 9.47 Å². The molecule has 1 fully saturated rings. The van der Waals surface area contributed by atoms with Gasteiger partial charge in [-0.1, -0.05) is 45.0 Å². The third-order valence-electron chi connectivity index (χ3n) is 3.98. The van der Waals surface area contributed by atoms with Gasteiger partial charge in [-0.15, -0.1) is 0 Å². The fourth-order valence-corrected chi connectivity index (χ4v) is 2.56. The van der Waals surface area contributed by atoms with Gasteiger partial charge in [0, 0.05) is 19.2 Å². The van der Waals surface area contributed by atoms with Crippen LogP contribution in [0.2, 0.25) is 0 Å². The summed E-state index contributed by atoms with van der Waals surface area (Å²) < 4.78 is 11.3. The van der Waals surface area contributed by atoms with E-state index in [1.54, 1.807) is 0 Å². The second-order valence-electron chi connectivity index (χ2n) is 6.36. The Morgan fingerprint density at radius 3 is 2.62 bits per heavy atom. The largest absolute Gasteiger partial charge is 0.376 e. The number of hydrogen-bond donors (Lipinski definition) is 1. The van der Waals surface area contributed by atoms with Gasteiger partial charge in [0.15, 0.2) is 0 Å². The fraction of sp³-hybridized carbons (Fsp3) is 0.667. The Morgan fingerprint density at radius 2 is 2.00 bits per heavy atom. The van der Waals surface area contributed by atoms with Crippen LogP contribution < -0.4 is 5.32 Å². The third-order valence-corrected chi connectivity index (χ3v) is 3.98. The topological polar surface area (TPSA) is 30.5 Å². The van der Waals surface area contributed by atoms with Crippen molar-refractivity contribution in [3.8, 4) is 0 Å². The molecule has 3 heteroatoms. The SMILES string of the molecule is CC(C)NCC(C)c1ccc(COCC2CCCO2)cc1. The minimum absolute atomic E-state index is 0.311. The highest BCUT2D eigenvalue weighted by molar-refractivity contribution is 5.24. The highest BCUT2D eigenvalue weighted by Crippen LogP contribution is 2.17. The average molecular weight is 291 g/mol. The summed E-state index contributed by atoms with van der Waals surface area (Å²) in [6, 6.07) is 9.33. The lowest BCUT2D eigenvalue weighted by Gasteiger charge is -2.16. The third kappa shape index (κ3) is 5.77. The van der Waals surface area contributed by atoms with Crippen LogP contribution in [0.3, 0.4) is 0 Å². The second kappa shape index (κ2) is 8.52. The van der Waals surface area contributed by atoms with Crippen molar-refractivity contribution in [3.63, 3.8) is 0 Å². The molecule has 2 unspecified atom stereocenters. The summed E-state index contributed by atoms with van der Waals surface area (Å²) in [7, 11) is 0. The second-order valence-corrected chi connectivity index (χ2v) is 6.36. The van der Waals surface area contributed by atoms with Crippen molar-refractivity contribution in [1.82, 2.24) is 5.32 Å². The lowest BCUT2D eigenvalue weighted by molar-refractivity contribution is 0.0106. The van der Waals surface area contributed by atoms with E-state index in [1.165, 1.54) is 17.5 Å². The molecule has 118 valence electrons. The van der Waals surface area contributed by atoms with Gasteiger partial charge in [0.2, 0.25) is 0 Å². The molecule has 0 aromatic heterocycles. The highest BCUT2D eigenvalue weighted by Gasteiger charge is 2.15. The maximum atomic E-state index is 5.75. The van der Waals surface area contributed by atoms with Crippen LogP contribution in [-0.2, 0) is 16.1 Å². The summed E-state index contributed by atoms with van der Waals surface area (Å²) in [5, 5.41) is 3.49. The van der Waals surface area contributed by atoms with E-state index in [0.29, 0.717) is 24.7 Å². The van der Waals surface area contributed by atoms with Crippen molar-refractivity contribution in [2.75, 3.05) is 19.8 Å². The Balaban J connectivity index is 1.73. The Labute approximate surface area is 129 Å². The molecule has 0 bridgehead atoms. The Bertz CT molecular complexity index is 396. The summed E-state index contributed by atoms with van der Waals surface area (Å²) in [6.45, 7) is 9.94. The lowest BCUT2D eigenvalue weighted by atomic mass is 9.99. The van der Waals surface area contributed by atoms with Crippen molar-refractivity contribution >= 4 is 0 Å². The molecule has 1 aliphatic rings. The molecule has 2 atom stereocenters. The smallest absolute Gasteiger partial charge is 0.0809 e. The first-order chi connectivity index (χ1) is 10.1. The van der Waals surface area contributed by atoms with Crippen molar-refractivity contribution in [2.45, 2.75) is 58.3 Å². The number of hydrogen-bond acceptors (Lipinski definition) is 3. The number of benzene rings is 1. The summed E-state index contributed by atoms with van der Waals surface area (Å²) in [4.78, 5) is 0. The van der Waals surface area contributed by atoms with Crippen molar-refractivity contribution < 1.29 is 9.47 Å². The fourth-order valence-electron chi connectivity index (χ4n) is 2.56. The molecular formula is C18H29NO2. The molecule has 1 aromatic rings. The van der Waals surface area contributed by atoms with Crippen LogP contribution >= 0.6 is 0 Å². The zero-order chi connectivity index (χ0) is 15.1. The van der Waals surface area contributed by atoms with Crippen LogP contribution in [0, 0.1) is 0 Å². The molecule has 2 rings (SSSR count). The minimum Gasteiger partial charge on any atom is -0.376 e. The van der Waals surface area contributed by atoms with E-state index in [1.807, 2.05) is 0 Å². The van der Waals surface area contributed by atoms with Crippen LogP contribution in [0.4, 0.5) is 0 Å². The van der Waals surface area contributed by atoms with Crippen LogP contribution in [0.1, 0.15) is 50.7 Å². The predicted molar refractivity (Wildman–Crippen MR) is 86.6 cm³/mol. The molecule has 1 N–H and O–H groups in total. The molecule has 0 radical (unpaired) electrons. The maximum absolute atomic E-state index is 5.75. The molecule has 0 amide bonds. The predicted octanol–water partition coefficient (Wildman–Crippen LogP) is 3.48. The standard InChI is InChI=1S/C18H29NO2/c1-14(2)19-11-15(3)17-8-6-16(7-9-17)12-20-13-18-5-4-10-21-18/h6-9,14-15,18-19H,4-5,10-13H2,1-3H3. The normalized spacial score (nSPS) is 20.1. The van der Waals surface area contributed by atoms with Crippen molar-refractivity contribution in [2.24, 2.45) is 0 Å². The molecule has 1 aliphatic heterocycles. The van der Waals surface area contributed by atoms with E-state index in [0.717, 1.165) is 26.2 Å². The molecule has 0 aliphatic carbocycles. The van der Waals surface area contributed by atoms with Crippen molar-refractivity contribution in [1.29, 1.82) is 0 Å². The van der Waals surface area contributed by atoms with Gasteiger partial charge in [0.25, 0.3) is 0 Å². The summed E-state index contributed by atoms with van der Waals surface area (Å²) in [5.41, 5.74) is 2.62. The molecule has 1 heterocycles. The average Bonchev–Trinajstić information content (AvgIpc) is 2.99. The quantitative estimate of drug-likeness (QED) is 0.795. The van der Waals surface area contributed by atoms with E-state index in [-0.39, 0.29) is 0 Å². The molecule has 21 heavy (non-hydrogen) atoms. The van der Waals surface area contributed by atoms with Gasteiger partial charge in [-0.2, -0.15) is 0 Å². The summed E-state index contributed by atoms with van der Waals surface area (Å²) in [5.74, 6) is 0.536. The van der Waals surface area contributed by atoms with Gasteiger partial charge >= 0.3 is 0 Å². The minimum atomic E-state index is 0.311. The van der Waals surface area contributed by atoms with Gasteiger partial charge in [0.1, 0.15) is 0 Å². The monoisotopic (exact) mass is 291 g/mol. The van der Waals surface area contributed by atoms with Gasteiger partial charge in [-0.25, -0.2) is 0 Å². The first kappa shape index (κ1) is 16.5. The molecule has 1 saturated heterocycles. The summed E-state index contributed by atoms with van der Waals surface area (Å²) >= 11 is 0. The van der Waals surface area contributed by atoms with Crippen LogP contribution in [0.15, 0.2) is 24.3 Å². The molecular weight excluding hydrogens is 262 g/mol. The van der Waals surface area contributed by atoms with E-state index >= 15 is 0 Å². The number of rotatable bonds is 8. The Hall–Kier alpha value is -0.900.